The lowest BCUT2D eigenvalue weighted by molar-refractivity contribution is 0.303. The first-order valence-electron chi connectivity index (χ1n) is 12.8. The molecule has 0 heterocycles. The third-order valence-electron chi connectivity index (χ3n) is 5.94. The number of benzene rings is 1. The highest BCUT2D eigenvalue weighted by molar-refractivity contribution is 7.02. The van der Waals surface area contributed by atoms with E-state index >= 15 is 0 Å². The van der Waals surface area contributed by atoms with Crippen molar-refractivity contribution in [2.75, 3.05) is 6.61 Å². The minimum atomic E-state index is -1.04. The van der Waals surface area contributed by atoms with Gasteiger partial charge in [0, 0.05) is 24.2 Å². The summed E-state index contributed by atoms with van der Waals surface area (Å²) in [4.78, 5) is 0. The average molecular weight is 481 g/mol. The number of rotatable bonds is 17. The summed E-state index contributed by atoms with van der Waals surface area (Å²) in [6, 6.07) is 8.60. The zero-order chi connectivity index (χ0) is 23.4. The summed E-state index contributed by atoms with van der Waals surface area (Å²) >= 11 is 0. The van der Waals surface area contributed by atoms with Gasteiger partial charge in [0.2, 0.25) is 0 Å². The summed E-state index contributed by atoms with van der Waals surface area (Å²) in [5, 5.41) is 9.28. The van der Waals surface area contributed by atoms with Gasteiger partial charge in [-0.1, -0.05) is 115 Å². The van der Waals surface area contributed by atoms with Crippen LogP contribution in [-0.2, 0) is 0 Å². The number of hydrogen-bond acceptors (Lipinski definition) is 2. The van der Waals surface area contributed by atoms with Crippen LogP contribution in [0.1, 0.15) is 57.8 Å². The summed E-state index contributed by atoms with van der Waals surface area (Å²) in [6.07, 6.45) is 12.3. The van der Waals surface area contributed by atoms with Crippen molar-refractivity contribution < 1.29 is 9.84 Å². The molecule has 0 aliphatic carbocycles. The van der Waals surface area contributed by atoms with Crippen LogP contribution < -0.4 is 4.74 Å². The smallest absolute Gasteiger partial charge is 0.119 e. The Kier molecular flexibility index (Phi) is 12.8. The van der Waals surface area contributed by atoms with Gasteiger partial charge in [0.1, 0.15) is 11.5 Å². The Labute approximate surface area is 197 Å². The number of unbranched alkanes of at least 4 members (excludes halogenated alkanes) is 8. The number of hydrogen-bond donors (Lipinski definition) is 1. The highest BCUT2D eigenvalue weighted by Crippen LogP contribution is 2.33. The fourth-order valence-electron chi connectivity index (χ4n) is 5.42. The molecule has 180 valence electrons. The maximum atomic E-state index is 9.28. The highest BCUT2D eigenvalue weighted by atomic mass is 28.4. The molecule has 0 atom stereocenters. The number of phenols is 1. The second kappa shape index (κ2) is 13.9. The Morgan fingerprint density at radius 3 is 1.48 bits per heavy atom. The summed E-state index contributed by atoms with van der Waals surface area (Å²) in [5.74, 6) is 1.15. The van der Waals surface area contributed by atoms with Gasteiger partial charge >= 0.3 is 0 Å². The Hall–Kier alpha value is -0.529. The molecule has 1 N–H and O–H groups in total. The van der Waals surface area contributed by atoms with Crippen LogP contribution in [0.15, 0.2) is 24.3 Å². The molecular formula is C26H52O2Si3. The number of ether oxygens (including phenoxy) is 1. The van der Waals surface area contributed by atoms with Crippen LogP contribution in [0.3, 0.4) is 0 Å². The first-order valence-corrected chi connectivity index (χ1v) is 23.3. The van der Waals surface area contributed by atoms with E-state index in [0.717, 1.165) is 18.8 Å². The van der Waals surface area contributed by atoms with E-state index in [-0.39, 0.29) is 0 Å². The van der Waals surface area contributed by atoms with E-state index in [1.807, 2.05) is 12.1 Å². The lowest BCUT2D eigenvalue weighted by Gasteiger charge is -2.37. The molecule has 1 rings (SSSR count). The van der Waals surface area contributed by atoms with Gasteiger partial charge in [-0.05, 0) is 30.7 Å². The van der Waals surface area contributed by atoms with Crippen LogP contribution >= 0.6 is 0 Å². The Balaban J connectivity index is 2.05. The van der Waals surface area contributed by atoms with Crippen molar-refractivity contribution in [1.82, 2.24) is 0 Å². The van der Waals surface area contributed by atoms with Gasteiger partial charge in [-0.2, -0.15) is 0 Å². The summed E-state index contributed by atoms with van der Waals surface area (Å²) in [7, 11) is -2.94. The van der Waals surface area contributed by atoms with Gasteiger partial charge in [0.15, 0.2) is 0 Å². The van der Waals surface area contributed by atoms with E-state index in [1.165, 1.54) is 51.4 Å². The number of aromatic hydroxyl groups is 1. The Morgan fingerprint density at radius 2 is 1.03 bits per heavy atom. The lowest BCUT2D eigenvalue weighted by atomic mass is 10.1. The van der Waals surface area contributed by atoms with Crippen molar-refractivity contribution in [3.63, 3.8) is 0 Å². The molecule has 5 heteroatoms. The lowest BCUT2D eigenvalue weighted by Crippen LogP contribution is -2.45. The quantitative estimate of drug-likeness (QED) is 0.178. The summed E-state index contributed by atoms with van der Waals surface area (Å²) < 4.78 is 5.72. The average Bonchev–Trinajstić information content (AvgIpc) is 2.61. The van der Waals surface area contributed by atoms with Crippen molar-refractivity contribution in [2.45, 2.75) is 121 Å². The third-order valence-corrected chi connectivity index (χ3v) is 22.8. The molecule has 1 aromatic carbocycles. The number of phenolic OH excluding ortho intramolecular Hbond substituents is 1. The molecular weight excluding hydrogens is 429 g/mol. The second-order valence-corrected chi connectivity index (χ2v) is 29.8. The van der Waals surface area contributed by atoms with E-state index in [1.54, 1.807) is 29.5 Å². The van der Waals surface area contributed by atoms with Crippen molar-refractivity contribution in [2.24, 2.45) is 0 Å². The van der Waals surface area contributed by atoms with Crippen molar-refractivity contribution in [3.8, 4) is 11.5 Å². The van der Waals surface area contributed by atoms with Crippen molar-refractivity contribution in [3.05, 3.63) is 24.3 Å². The minimum Gasteiger partial charge on any atom is -0.508 e. The molecule has 0 radical (unpaired) electrons. The third kappa shape index (κ3) is 15.8. The summed E-state index contributed by atoms with van der Waals surface area (Å²) in [6.45, 7) is 19.0. The molecule has 0 saturated heterocycles. The normalized spacial score (nSPS) is 12.9. The van der Waals surface area contributed by atoms with Crippen LogP contribution in [0.4, 0.5) is 0 Å². The van der Waals surface area contributed by atoms with E-state index in [2.05, 4.69) is 45.8 Å². The van der Waals surface area contributed by atoms with Crippen LogP contribution in [0.5, 0.6) is 11.5 Å². The SMILES string of the molecule is C[Si](C)(C)C[Si](C)(CCCCCCCCCCCOc1ccc(O)cc1)C[Si](C)(C)C. The van der Waals surface area contributed by atoms with E-state index in [4.69, 9.17) is 4.74 Å². The zero-order valence-corrected chi connectivity index (χ0v) is 24.9. The highest BCUT2D eigenvalue weighted by Gasteiger charge is 2.36. The predicted molar refractivity (Wildman–Crippen MR) is 148 cm³/mol. The molecule has 0 fully saturated rings. The monoisotopic (exact) mass is 480 g/mol. The van der Waals surface area contributed by atoms with Gasteiger partial charge in [-0.25, -0.2) is 0 Å². The summed E-state index contributed by atoms with van der Waals surface area (Å²) in [5.41, 5.74) is 3.28. The van der Waals surface area contributed by atoms with Gasteiger partial charge in [0.25, 0.3) is 0 Å². The van der Waals surface area contributed by atoms with Crippen LogP contribution in [-0.4, -0.2) is 35.9 Å². The van der Waals surface area contributed by atoms with Crippen LogP contribution in [0.2, 0.25) is 63.2 Å². The fraction of sp³-hybridized carbons (Fsp3) is 0.769. The van der Waals surface area contributed by atoms with Gasteiger partial charge in [-0.3, -0.25) is 0 Å². The van der Waals surface area contributed by atoms with Gasteiger partial charge < -0.3 is 9.84 Å². The predicted octanol–water partition coefficient (Wildman–Crippen LogP) is 9.12. The molecule has 0 aromatic heterocycles. The van der Waals surface area contributed by atoms with Crippen LogP contribution in [0, 0.1) is 0 Å². The maximum Gasteiger partial charge on any atom is 0.119 e. The molecule has 0 bridgehead atoms. The zero-order valence-electron chi connectivity index (χ0n) is 21.9. The minimum absolute atomic E-state index is 0.293. The Bertz CT molecular complexity index is 572. The Morgan fingerprint density at radius 1 is 0.613 bits per heavy atom. The van der Waals surface area contributed by atoms with Crippen molar-refractivity contribution >= 4 is 24.2 Å². The van der Waals surface area contributed by atoms with Gasteiger partial charge in [0.05, 0.1) is 6.61 Å². The standard InChI is InChI=1S/C26H52O2Si3/c1-29(2,3)23-31(7,24-30(4,5)6)22-16-14-12-10-8-9-11-13-15-21-28-26-19-17-25(27)18-20-26/h17-20,27H,8-16,21-24H2,1-7H3. The fourth-order valence-corrected chi connectivity index (χ4v) is 30.1. The molecule has 2 nitrogen and oxygen atoms in total. The van der Waals surface area contributed by atoms with E-state index in [0.29, 0.717) is 5.75 Å². The molecule has 31 heavy (non-hydrogen) atoms. The first-order chi connectivity index (χ1) is 14.4. The topological polar surface area (TPSA) is 29.5 Å². The van der Waals surface area contributed by atoms with Gasteiger partial charge in [-0.15, -0.1) is 0 Å². The molecule has 0 aliphatic rings. The molecule has 0 unspecified atom stereocenters. The molecule has 0 amide bonds. The molecule has 0 saturated carbocycles. The largest absolute Gasteiger partial charge is 0.508 e. The molecule has 0 spiro atoms. The van der Waals surface area contributed by atoms with Crippen molar-refractivity contribution in [1.29, 1.82) is 0 Å². The van der Waals surface area contributed by atoms with E-state index in [9.17, 15) is 5.11 Å². The molecule has 1 aromatic rings. The first kappa shape index (κ1) is 28.5. The second-order valence-electron chi connectivity index (χ2n) is 12.6. The molecule has 0 aliphatic heterocycles. The van der Waals surface area contributed by atoms with Crippen LogP contribution in [0.25, 0.3) is 0 Å². The maximum absolute atomic E-state index is 9.28. The van der Waals surface area contributed by atoms with E-state index < -0.39 is 24.2 Å².